The fourth-order valence-corrected chi connectivity index (χ4v) is 1.43. The average molecular weight is 204 g/mol. The van der Waals surface area contributed by atoms with Crippen molar-refractivity contribution in [2.75, 3.05) is 5.32 Å². The van der Waals surface area contributed by atoms with E-state index in [9.17, 15) is 4.79 Å². The lowest BCUT2D eigenvalue weighted by Gasteiger charge is -2.08. The average Bonchev–Trinajstić information content (AvgIpc) is 3.01. The Hall–Kier alpha value is -1.38. The summed E-state index contributed by atoms with van der Waals surface area (Å²) in [6, 6.07) is 3.79. The first kappa shape index (κ1) is 10.1. The van der Waals surface area contributed by atoms with Crippen molar-refractivity contribution >= 4 is 11.6 Å². The van der Waals surface area contributed by atoms with Crippen LogP contribution >= 0.6 is 0 Å². The Kier molecular flexibility index (Phi) is 2.71. The van der Waals surface area contributed by atoms with Crippen molar-refractivity contribution in [1.82, 2.24) is 4.98 Å². The van der Waals surface area contributed by atoms with Gasteiger partial charge < -0.3 is 5.32 Å². The van der Waals surface area contributed by atoms with Crippen LogP contribution in [0.25, 0.3) is 0 Å². The number of nitrogens with one attached hydrogen (secondary N) is 1. The Bertz CT molecular complexity index is 370. The van der Waals surface area contributed by atoms with Crippen LogP contribution in [-0.4, -0.2) is 10.9 Å². The molecule has 0 radical (unpaired) electrons. The zero-order chi connectivity index (χ0) is 10.8. The Balaban J connectivity index is 2.07. The van der Waals surface area contributed by atoms with Gasteiger partial charge in [-0.3, -0.25) is 9.78 Å². The van der Waals surface area contributed by atoms with Crippen LogP contribution in [0.15, 0.2) is 18.3 Å². The van der Waals surface area contributed by atoms with Gasteiger partial charge in [0.05, 0.1) is 0 Å². The van der Waals surface area contributed by atoms with Crippen molar-refractivity contribution in [3.8, 4) is 0 Å². The molecule has 1 fully saturated rings. The summed E-state index contributed by atoms with van der Waals surface area (Å²) in [6.07, 6.45) is 3.82. The first-order chi connectivity index (χ1) is 7.16. The molecular weight excluding hydrogens is 188 g/mol. The van der Waals surface area contributed by atoms with Crippen molar-refractivity contribution in [2.45, 2.75) is 32.6 Å². The fraction of sp³-hybridized carbons (Fsp3) is 0.500. The summed E-state index contributed by atoms with van der Waals surface area (Å²) in [4.78, 5) is 15.8. The second kappa shape index (κ2) is 4.01. The molecule has 0 spiro atoms. The number of anilines is 1. The molecule has 0 bridgehead atoms. The molecule has 0 unspecified atom stereocenters. The SMILES string of the molecule is CC(C)c1cc(NC(=O)C2CC2)ccn1. The minimum atomic E-state index is 0.149. The highest BCUT2D eigenvalue weighted by atomic mass is 16.2. The second-order valence-electron chi connectivity index (χ2n) is 4.39. The van der Waals surface area contributed by atoms with Gasteiger partial charge in [-0.05, 0) is 30.9 Å². The minimum Gasteiger partial charge on any atom is -0.326 e. The van der Waals surface area contributed by atoms with E-state index in [-0.39, 0.29) is 11.8 Å². The minimum absolute atomic E-state index is 0.149. The molecule has 1 aromatic rings. The second-order valence-corrected chi connectivity index (χ2v) is 4.39. The molecule has 0 saturated heterocycles. The van der Waals surface area contributed by atoms with E-state index >= 15 is 0 Å². The first-order valence-corrected chi connectivity index (χ1v) is 5.43. The third-order valence-electron chi connectivity index (χ3n) is 2.59. The Morgan fingerprint density at radius 3 is 2.87 bits per heavy atom. The largest absolute Gasteiger partial charge is 0.326 e. The molecule has 1 aliphatic carbocycles. The van der Waals surface area contributed by atoms with Crippen LogP contribution in [0.5, 0.6) is 0 Å². The maximum Gasteiger partial charge on any atom is 0.227 e. The van der Waals surface area contributed by atoms with Crippen LogP contribution in [-0.2, 0) is 4.79 Å². The van der Waals surface area contributed by atoms with Crippen molar-refractivity contribution in [3.63, 3.8) is 0 Å². The molecule has 1 aromatic heterocycles. The van der Waals surface area contributed by atoms with Gasteiger partial charge in [-0.1, -0.05) is 13.8 Å². The lowest BCUT2D eigenvalue weighted by Crippen LogP contribution is -2.13. The quantitative estimate of drug-likeness (QED) is 0.822. The highest BCUT2D eigenvalue weighted by molar-refractivity contribution is 5.93. The smallest absolute Gasteiger partial charge is 0.227 e. The number of pyridine rings is 1. The Morgan fingerprint density at radius 1 is 1.53 bits per heavy atom. The molecule has 15 heavy (non-hydrogen) atoms. The third-order valence-corrected chi connectivity index (χ3v) is 2.59. The van der Waals surface area contributed by atoms with Crippen molar-refractivity contribution in [2.24, 2.45) is 5.92 Å². The molecule has 0 aromatic carbocycles. The number of aromatic nitrogens is 1. The van der Waals surface area contributed by atoms with Gasteiger partial charge in [-0.25, -0.2) is 0 Å². The van der Waals surface area contributed by atoms with Crippen LogP contribution in [0.1, 0.15) is 38.3 Å². The summed E-state index contributed by atoms with van der Waals surface area (Å²) >= 11 is 0. The van der Waals surface area contributed by atoms with Crippen molar-refractivity contribution < 1.29 is 4.79 Å². The van der Waals surface area contributed by atoms with Crippen molar-refractivity contribution in [1.29, 1.82) is 0 Å². The summed E-state index contributed by atoms with van der Waals surface area (Å²) in [5.74, 6) is 0.791. The monoisotopic (exact) mass is 204 g/mol. The molecule has 2 rings (SSSR count). The molecule has 1 saturated carbocycles. The summed E-state index contributed by atoms with van der Waals surface area (Å²) in [5.41, 5.74) is 1.88. The van der Waals surface area contributed by atoms with Gasteiger partial charge in [0.2, 0.25) is 5.91 Å². The van der Waals surface area contributed by atoms with E-state index < -0.39 is 0 Å². The topological polar surface area (TPSA) is 42.0 Å². The van der Waals surface area contributed by atoms with Gasteiger partial charge in [0, 0.05) is 23.5 Å². The Labute approximate surface area is 89.9 Å². The number of hydrogen-bond acceptors (Lipinski definition) is 2. The van der Waals surface area contributed by atoms with Gasteiger partial charge in [0.1, 0.15) is 0 Å². The van der Waals surface area contributed by atoms with E-state index in [0.29, 0.717) is 5.92 Å². The normalized spacial score (nSPS) is 15.4. The van der Waals surface area contributed by atoms with E-state index in [1.165, 1.54) is 0 Å². The summed E-state index contributed by atoms with van der Waals surface area (Å²) < 4.78 is 0. The Morgan fingerprint density at radius 2 is 2.27 bits per heavy atom. The van der Waals surface area contributed by atoms with Crippen LogP contribution in [0.3, 0.4) is 0 Å². The number of rotatable bonds is 3. The maximum atomic E-state index is 11.5. The molecule has 1 aliphatic rings. The summed E-state index contributed by atoms with van der Waals surface area (Å²) in [6.45, 7) is 4.18. The van der Waals surface area contributed by atoms with Crippen LogP contribution < -0.4 is 5.32 Å². The highest BCUT2D eigenvalue weighted by Crippen LogP contribution is 2.30. The maximum absolute atomic E-state index is 11.5. The third kappa shape index (κ3) is 2.55. The molecule has 1 heterocycles. The van der Waals surface area contributed by atoms with Gasteiger partial charge in [-0.15, -0.1) is 0 Å². The van der Waals surface area contributed by atoms with Gasteiger partial charge in [0.25, 0.3) is 0 Å². The number of carbonyl (C=O) groups excluding carboxylic acids is 1. The molecule has 1 N–H and O–H groups in total. The summed E-state index contributed by atoms with van der Waals surface area (Å²) in [7, 11) is 0. The van der Waals surface area contributed by atoms with Crippen LogP contribution in [0, 0.1) is 5.92 Å². The zero-order valence-electron chi connectivity index (χ0n) is 9.16. The summed E-state index contributed by atoms with van der Waals surface area (Å²) in [5, 5.41) is 2.92. The van der Waals surface area contributed by atoms with E-state index in [4.69, 9.17) is 0 Å². The molecule has 1 amide bonds. The standard InChI is InChI=1S/C12H16N2O/c1-8(2)11-7-10(5-6-13-11)14-12(15)9-3-4-9/h5-9H,3-4H2,1-2H3,(H,13,14,15). The molecule has 80 valence electrons. The lowest BCUT2D eigenvalue weighted by molar-refractivity contribution is -0.117. The predicted octanol–water partition coefficient (Wildman–Crippen LogP) is 2.55. The van der Waals surface area contributed by atoms with Gasteiger partial charge >= 0.3 is 0 Å². The van der Waals surface area contributed by atoms with Crippen molar-refractivity contribution in [3.05, 3.63) is 24.0 Å². The number of hydrogen-bond donors (Lipinski definition) is 1. The van der Waals surface area contributed by atoms with Crippen LogP contribution in [0.2, 0.25) is 0 Å². The molecule has 0 atom stereocenters. The lowest BCUT2D eigenvalue weighted by atomic mass is 10.1. The number of nitrogens with zero attached hydrogens (tertiary/aromatic N) is 1. The van der Waals surface area contributed by atoms with E-state index in [2.05, 4.69) is 24.1 Å². The highest BCUT2D eigenvalue weighted by Gasteiger charge is 2.29. The van der Waals surface area contributed by atoms with Gasteiger partial charge in [0.15, 0.2) is 0 Å². The molecule has 0 aliphatic heterocycles. The number of carbonyl (C=O) groups is 1. The van der Waals surface area contributed by atoms with E-state index in [1.807, 2.05) is 12.1 Å². The number of amides is 1. The van der Waals surface area contributed by atoms with Crippen LogP contribution in [0.4, 0.5) is 5.69 Å². The fourth-order valence-electron chi connectivity index (χ4n) is 1.43. The molecular formula is C12H16N2O. The first-order valence-electron chi connectivity index (χ1n) is 5.43. The zero-order valence-corrected chi connectivity index (χ0v) is 9.16. The molecule has 3 heteroatoms. The predicted molar refractivity (Wildman–Crippen MR) is 59.7 cm³/mol. The van der Waals surface area contributed by atoms with Gasteiger partial charge in [-0.2, -0.15) is 0 Å². The van der Waals surface area contributed by atoms with E-state index in [0.717, 1.165) is 24.2 Å². The molecule has 3 nitrogen and oxygen atoms in total. The van der Waals surface area contributed by atoms with E-state index in [1.54, 1.807) is 6.20 Å².